The summed E-state index contributed by atoms with van der Waals surface area (Å²) in [6.07, 6.45) is -3.54. The van der Waals surface area contributed by atoms with Crippen molar-refractivity contribution in [3.63, 3.8) is 0 Å². The summed E-state index contributed by atoms with van der Waals surface area (Å²) in [6, 6.07) is 5.17. The highest BCUT2D eigenvalue weighted by Crippen LogP contribution is 2.30. The van der Waals surface area contributed by atoms with Gasteiger partial charge in [0.15, 0.2) is 5.69 Å². The fourth-order valence-corrected chi connectivity index (χ4v) is 3.07. The average molecular weight is 367 g/mol. The summed E-state index contributed by atoms with van der Waals surface area (Å²) in [5, 5.41) is 13.3. The quantitative estimate of drug-likeness (QED) is 0.905. The molecule has 1 aliphatic rings. The van der Waals surface area contributed by atoms with Crippen LogP contribution >= 0.6 is 0 Å². The van der Waals surface area contributed by atoms with Crippen LogP contribution in [0.4, 0.5) is 13.2 Å². The van der Waals surface area contributed by atoms with Gasteiger partial charge in [0.25, 0.3) is 5.91 Å². The summed E-state index contributed by atoms with van der Waals surface area (Å²) < 4.78 is 39.9. The lowest BCUT2D eigenvalue weighted by Gasteiger charge is -2.20. The van der Waals surface area contributed by atoms with Crippen LogP contribution in [0.2, 0.25) is 0 Å². The molecule has 1 aromatic heterocycles. The molecule has 3 rings (SSSR count). The Morgan fingerprint density at radius 1 is 1.27 bits per heavy atom. The lowest BCUT2D eigenvalue weighted by Crippen LogP contribution is -2.40. The van der Waals surface area contributed by atoms with E-state index < -0.39 is 29.7 Å². The second kappa shape index (κ2) is 6.47. The molecule has 0 aliphatic carbocycles. The van der Waals surface area contributed by atoms with E-state index in [2.05, 4.69) is 5.10 Å². The number of rotatable bonds is 3. The van der Waals surface area contributed by atoms with Crippen molar-refractivity contribution in [3.05, 3.63) is 47.3 Å². The van der Waals surface area contributed by atoms with Gasteiger partial charge in [-0.25, -0.2) is 9.48 Å². The zero-order chi connectivity index (χ0) is 19.1. The first-order valence-corrected chi connectivity index (χ1v) is 7.96. The molecular weight excluding hydrogens is 351 g/mol. The number of aryl methyl sites for hydroxylation is 1. The second-order valence-corrected chi connectivity index (χ2v) is 6.13. The number of hydrogen-bond donors (Lipinski definition) is 1. The molecule has 1 amide bonds. The third-order valence-corrected chi connectivity index (χ3v) is 4.32. The molecule has 1 saturated heterocycles. The molecule has 0 saturated carbocycles. The molecule has 26 heavy (non-hydrogen) atoms. The average Bonchev–Trinajstić information content (AvgIpc) is 3.20. The standard InChI is InChI=1S/C17H16F3N3O3/c1-10-8-13(15(24)22-7-3-6-14(22)16(25)26)21-23(10)12-5-2-4-11(9-12)17(18,19)20/h2,4-5,8-9,14H,3,6-7H2,1H3,(H,25,26). The normalized spacial score (nSPS) is 17.5. The Morgan fingerprint density at radius 3 is 2.65 bits per heavy atom. The van der Waals surface area contributed by atoms with Gasteiger partial charge in [0.2, 0.25) is 0 Å². The maximum atomic E-state index is 12.9. The minimum atomic E-state index is -4.49. The van der Waals surface area contributed by atoms with E-state index in [0.29, 0.717) is 25.1 Å². The van der Waals surface area contributed by atoms with E-state index in [4.69, 9.17) is 0 Å². The lowest BCUT2D eigenvalue weighted by molar-refractivity contribution is -0.141. The van der Waals surface area contributed by atoms with Gasteiger partial charge in [-0.2, -0.15) is 18.3 Å². The number of carbonyl (C=O) groups is 2. The van der Waals surface area contributed by atoms with E-state index in [1.54, 1.807) is 6.92 Å². The van der Waals surface area contributed by atoms with E-state index in [9.17, 15) is 27.9 Å². The third-order valence-electron chi connectivity index (χ3n) is 4.32. The van der Waals surface area contributed by atoms with Gasteiger partial charge >= 0.3 is 12.1 Å². The van der Waals surface area contributed by atoms with Crippen LogP contribution in [0.3, 0.4) is 0 Å². The van der Waals surface area contributed by atoms with E-state index in [-0.39, 0.29) is 11.4 Å². The van der Waals surface area contributed by atoms with Gasteiger partial charge in [0.1, 0.15) is 6.04 Å². The van der Waals surface area contributed by atoms with Crippen LogP contribution in [-0.4, -0.2) is 44.3 Å². The second-order valence-electron chi connectivity index (χ2n) is 6.13. The number of likely N-dealkylation sites (tertiary alicyclic amines) is 1. The molecule has 1 aromatic carbocycles. The van der Waals surface area contributed by atoms with Crippen molar-refractivity contribution in [2.45, 2.75) is 32.0 Å². The van der Waals surface area contributed by atoms with Gasteiger partial charge in [0, 0.05) is 12.2 Å². The first-order valence-electron chi connectivity index (χ1n) is 7.96. The predicted molar refractivity (Wildman–Crippen MR) is 85.0 cm³/mol. The Labute approximate surface area is 146 Å². The number of amides is 1. The lowest BCUT2D eigenvalue weighted by atomic mass is 10.2. The van der Waals surface area contributed by atoms with Gasteiger partial charge < -0.3 is 10.0 Å². The molecular formula is C17H16F3N3O3. The van der Waals surface area contributed by atoms with Crippen LogP contribution in [-0.2, 0) is 11.0 Å². The fourth-order valence-electron chi connectivity index (χ4n) is 3.07. The van der Waals surface area contributed by atoms with Gasteiger partial charge in [0.05, 0.1) is 11.3 Å². The Morgan fingerprint density at radius 2 is 2.00 bits per heavy atom. The predicted octanol–water partition coefficient (Wildman–Crippen LogP) is 2.89. The number of halogens is 3. The molecule has 1 unspecified atom stereocenters. The molecule has 2 heterocycles. The highest BCUT2D eigenvalue weighted by atomic mass is 19.4. The Balaban J connectivity index is 1.93. The number of carbonyl (C=O) groups excluding carboxylic acids is 1. The smallest absolute Gasteiger partial charge is 0.416 e. The summed E-state index contributed by atoms with van der Waals surface area (Å²) >= 11 is 0. The maximum Gasteiger partial charge on any atom is 0.416 e. The molecule has 1 N–H and O–H groups in total. The topological polar surface area (TPSA) is 75.4 Å². The van der Waals surface area contributed by atoms with Crippen molar-refractivity contribution in [1.82, 2.24) is 14.7 Å². The fraction of sp³-hybridized carbons (Fsp3) is 0.353. The Kier molecular flexibility index (Phi) is 4.47. The highest BCUT2D eigenvalue weighted by molar-refractivity contribution is 5.95. The highest BCUT2D eigenvalue weighted by Gasteiger charge is 2.35. The minimum absolute atomic E-state index is 0.00746. The molecule has 1 aliphatic heterocycles. The van der Waals surface area contributed by atoms with Gasteiger partial charge in [-0.1, -0.05) is 6.07 Å². The number of aromatic nitrogens is 2. The SMILES string of the molecule is Cc1cc(C(=O)N2CCCC2C(=O)O)nn1-c1cccc(C(F)(F)F)c1. The van der Waals surface area contributed by atoms with Crippen molar-refractivity contribution in [2.75, 3.05) is 6.54 Å². The molecule has 0 radical (unpaired) electrons. The molecule has 138 valence electrons. The van der Waals surface area contributed by atoms with Crippen LogP contribution in [0.5, 0.6) is 0 Å². The number of alkyl halides is 3. The third kappa shape index (κ3) is 3.29. The molecule has 1 atom stereocenters. The zero-order valence-corrected chi connectivity index (χ0v) is 13.8. The van der Waals surface area contributed by atoms with Crippen molar-refractivity contribution in [3.8, 4) is 5.69 Å². The number of nitrogens with zero attached hydrogens (tertiary/aromatic N) is 3. The molecule has 0 bridgehead atoms. The zero-order valence-electron chi connectivity index (χ0n) is 13.8. The molecule has 1 fully saturated rings. The number of aliphatic carboxylic acids is 1. The summed E-state index contributed by atoms with van der Waals surface area (Å²) in [6.45, 7) is 1.92. The van der Waals surface area contributed by atoms with Gasteiger partial charge in [-0.05, 0) is 44.0 Å². The van der Waals surface area contributed by atoms with Crippen LogP contribution < -0.4 is 0 Å². The molecule has 0 spiro atoms. The maximum absolute atomic E-state index is 12.9. The van der Waals surface area contributed by atoms with Crippen molar-refractivity contribution in [1.29, 1.82) is 0 Å². The minimum Gasteiger partial charge on any atom is -0.480 e. The summed E-state index contributed by atoms with van der Waals surface area (Å²) in [5.41, 5.74) is -0.164. The van der Waals surface area contributed by atoms with E-state index in [1.807, 2.05) is 0 Å². The Bertz CT molecular complexity index is 860. The molecule has 9 heteroatoms. The van der Waals surface area contributed by atoms with E-state index in [1.165, 1.54) is 27.8 Å². The van der Waals surface area contributed by atoms with Crippen LogP contribution in [0.1, 0.15) is 34.6 Å². The molecule has 6 nitrogen and oxygen atoms in total. The van der Waals surface area contributed by atoms with Crippen molar-refractivity contribution in [2.24, 2.45) is 0 Å². The van der Waals surface area contributed by atoms with E-state index in [0.717, 1.165) is 12.1 Å². The largest absolute Gasteiger partial charge is 0.480 e. The van der Waals surface area contributed by atoms with E-state index >= 15 is 0 Å². The van der Waals surface area contributed by atoms with Gasteiger partial charge in [-0.15, -0.1) is 0 Å². The molecule has 2 aromatic rings. The Hall–Kier alpha value is -2.84. The van der Waals surface area contributed by atoms with Crippen LogP contribution in [0.15, 0.2) is 30.3 Å². The first-order chi connectivity index (χ1) is 12.2. The number of carboxylic acid groups (broad SMARTS) is 1. The summed E-state index contributed by atoms with van der Waals surface area (Å²) in [5.74, 6) is -1.62. The van der Waals surface area contributed by atoms with Crippen molar-refractivity contribution >= 4 is 11.9 Å². The van der Waals surface area contributed by atoms with Crippen LogP contribution in [0, 0.1) is 6.92 Å². The monoisotopic (exact) mass is 367 g/mol. The first kappa shape index (κ1) is 18.0. The van der Waals surface area contributed by atoms with Gasteiger partial charge in [-0.3, -0.25) is 4.79 Å². The number of carboxylic acids is 1. The summed E-state index contributed by atoms with van der Waals surface area (Å²) in [7, 11) is 0. The summed E-state index contributed by atoms with van der Waals surface area (Å²) in [4.78, 5) is 25.1. The number of benzene rings is 1. The van der Waals surface area contributed by atoms with Crippen LogP contribution in [0.25, 0.3) is 5.69 Å². The number of hydrogen-bond acceptors (Lipinski definition) is 3. The van der Waals surface area contributed by atoms with Crippen molar-refractivity contribution < 1.29 is 27.9 Å².